The van der Waals surface area contributed by atoms with Gasteiger partial charge in [-0.15, -0.1) is 11.3 Å². The molecule has 0 saturated heterocycles. The molecule has 0 saturated carbocycles. The second-order valence-electron chi connectivity index (χ2n) is 7.50. The third kappa shape index (κ3) is 4.81. The molecule has 0 spiro atoms. The molecule has 2 heterocycles. The molecule has 1 amide bonds. The lowest BCUT2D eigenvalue weighted by Gasteiger charge is -2.21. The Morgan fingerprint density at radius 1 is 1.03 bits per heavy atom. The first kappa shape index (κ1) is 20.4. The molecule has 0 radical (unpaired) electrons. The Labute approximate surface area is 181 Å². The number of hydrogen-bond donors (Lipinski definition) is 3. The molecule has 2 aromatic carbocycles. The number of para-hydroxylation sites is 1. The number of carbonyl (C=O) groups is 1. The van der Waals surface area contributed by atoms with Gasteiger partial charge in [-0.25, -0.2) is 0 Å². The third-order valence-corrected chi connectivity index (χ3v) is 6.41. The van der Waals surface area contributed by atoms with E-state index in [0.717, 1.165) is 11.9 Å². The zero-order valence-corrected chi connectivity index (χ0v) is 17.9. The summed E-state index contributed by atoms with van der Waals surface area (Å²) in [5.74, 6) is 0.195. The van der Waals surface area contributed by atoms with E-state index in [9.17, 15) is 4.79 Å². The summed E-state index contributed by atoms with van der Waals surface area (Å²) in [4.78, 5) is 17.2. The summed E-state index contributed by atoms with van der Waals surface area (Å²) in [5.41, 5.74) is 3.61. The van der Waals surface area contributed by atoms with E-state index in [1.807, 2.05) is 25.1 Å². The fourth-order valence-electron chi connectivity index (χ4n) is 3.78. The van der Waals surface area contributed by atoms with Crippen LogP contribution in [0.5, 0.6) is 0 Å². The summed E-state index contributed by atoms with van der Waals surface area (Å²) in [7, 11) is 0. The number of hydrogen-bond acceptors (Lipinski definition) is 3. The van der Waals surface area contributed by atoms with Gasteiger partial charge in [0.05, 0.1) is 6.04 Å². The number of nitrogens with one attached hydrogen (secondary N) is 3. The van der Waals surface area contributed by atoms with Crippen LogP contribution in [0.25, 0.3) is 10.9 Å². The fraction of sp³-hybridized carbons (Fsp3) is 0.240. The van der Waals surface area contributed by atoms with Crippen molar-refractivity contribution in [1.82, 2.24) is 15.6 Å². The van der Waals surface area contributed by atoms with Crippen LogP contribution in [0, 0.1) is 0 Å². The van der Waals surface area contributed by atoms with Crippen molar-refractivity contribution in [1.29, 1.82) is 0 Å². The first-order chi connectivity index (χ1) is 14.7. The van der Waals surface area contributed by atoms with Gasteiger partial charge in [-0.2, -0.15) is 0 Å². The molecule has 3 N–H and O–H groups in total. The summed E-state index contributed by atoms with van der Waals surface area (Å²) in [5, 5.41) is 9.79. The van der Waals surface area contributed by atoms with Crippen molar-refractivity contribution in [2.45, 2.75) is 25.3 Å². The maximum absolute atomic E-state index is 12.5. The van der Waals surface area contributed by atoms with Crippen LogP contribution < -0.4 is 10.6 Å². The van der Waals surface area contributed by atoms with Crippen LogP contribution in [0.2, 0.25) is 0 Å². The highest BCUT2D eigenvalue weighted by Crippen LogP contribution is 2.30. The number of carbonyl (C=O) groups excluding carboxylic acids is 1. The largest absolute Gasteiger partial charge is 0.361 e. The van der Waals surface area contributed by atoms with Gasteiger partial charge >= 0.3 is 0 Å². The minimum absolute atomic E-state index is 0.0392. The molecule has 0 aliphatic heterocycles. The van der Waals surface area contributed by atoms with E-state index in [0.29, 0.717) is 13.1 Å². The molecule has 2 aromatic heterocycles. The van der Waals surface area contributed by atoms with Gasteiger partial charge in [0.2, 0.25) is 5.91 Å². The van der Waals surface area contributed by atoms with E-state index in [1.165, 1.54) is 21.4 Å². The normalized spacial score (nSPS) is 13.2. The molecule has 4 nitrogen and oxygen atoms in total. The standard InChI is InChI=1S/C25H27N3OS/c1-18(25(29)26-14-13-20-10-7-15-30-20)27-16-22(19-8-3-2-4-9-19)23-17-28-24-12-6-5-11-21(23)24/h2-12,15,17-18,22,27-28H,13-14,16H2,1H3,(H,26,29)/t18-,22-/m1/s1. The van der Waals surface area contributed by atoms with Crippen molar-refractivity contribution >= 4 is 28.1 Å². The first-order valence-electron chi connectivity index (χ1n) is 10.4. The number of thiophene rings is 1. The van der Waals surface area contributed by atoms with Crippen LogP contribution in [0.1, 0.15) is 28.8 Å². The SMILES string of the molecule is C[C@@H](NC[C@H](c1ccccc1)c1c[nH]c2ccccc12)C(=O)NCCc1cccs1. The maximum Gasteiger partial charge on any atom is 0.236 e. The average Bonchev–Trinajstić information content (AvgIpc) is 3.45. The van der Waals surface area contributed by atoms with Gasteiger partial charge in [0, 0.05) is 41.0 Å². The molecule has 0 bridgehead atoms. The third-order valence-electron chi connectivity index (χ3n) is 5.47. The van der Waals surface area contributed by atoms with Gasteiger partial charge in [-0.05, 0) is 42.0 Å². The Bertz CT molecular complexity index is 1070. The van der Waals surface area contributed by atoms with Gasteiger partial charge in [0.25, 0.3) is 0 Å². The van der Waals surface area contributed by atoms with Crippen molar-refractivity contribution in [2.24, 2.45) is 0 Å². The highest BCUT2D eigenvalue weighted by molar-refractivity contribution is 7.09. The van der Waals surface area contributed by atoms with Crippen LogP contribution >= 0.6 is 11.3 Å². The number of benzene rings is 2. The Balaban J connectivity index is 1.42. The Morgan fingerprint density at radius 2 is 1.83 bits per heavy atom. The van der Waals surface area contributed by atoms with Crippen molar-refractivity contribution in [3.63, 3.8) is 0 Å². The lowest BCUT2D eigenvalue weighted by Crippen LogP contribution is -2.44. The van der Waals surface area contributed by atoms with Gasteiger partial charge in [-0.3, -0.25) is 4.79 Å². The number of aromatic amines is 1. The van der Waals surface area contributed by atoms with Crippen LogP contribution in [-0.2, 0) is 11.2 Å². The number of H-pyrrole nitrogens is 1. The van der Waals surface area contributed by atoms with E-state index < -0.39 is 0 Å². The molecule has 2 atom stereocenters. The molecular formula is C25H27N3OS. The maximum atomic E-state index is 12.5. The summed E-state index contributed by atoms with van der Waals surface area (Å²) in [6.07, 6.45) is 2.97. The van der Waals surface area contributed by atoms with Crippen LogP contribution in [0.3, 0.4) is 0 Å². The zero-order valence-electron chi connectivity index (χ0n) is 17.1. The van der Waals surface area contributed by atoms with Crippen LogP contribution in [0.15, 0.2) is 78.3 Å². The molecule has 0 fully saturated rings. The Kier molecular flexibility index (Phi) is 6.62. The Morgan fingerprint density at radius 3 is 2.63 bits per heavy atom. The van der Waals surface area contributed by atoms with Crippen molar-refractivity contribution in [3.05, 3.63) is 94.3 Å². The molecule has 154 valence electrons. The highest BCUT2D eigenvalue weighted by atomic mass is 32.1. The van der Waals surface area contributed by atoms with E-state index >= 15 is 0 Å². The quantitative estimate of drug-likeness (QED) is 0.370. The summed E-state index contributed by atoms with van der Waals surface area (Å²) < 4.78 is 0. The van der Waals surface area contributed by atoms with E-state index in [1.54, 1.807) is 11.3 Å². The topological polar surface area (TPSA) is 56.9 Å². The second kappa shape index (κ2) is 9.74. The highest BCUT2D eigenvalue weighted by Gasteiger charge is 2.20. The Hall–Kier alpha value is -2.89. The number of amides is 1. The number of rotatable bonds is 9. The predicted molar refractivity (Wildman–Crippen MR) is 125 cm³/mol. The van der Waals surface area contributed by atoms with Gasteiger partial charge < -0.3 is 15.6 Å². The summed E-state index contributed by atoms with van der Waals surface area (Å²) in [6, 6.07) is 22.7. The van der Waals surface area contributed by atoms with Crippen LogP contribution in [0.4, 0.5) is 0 Å². The number of aromatic nitrogens is 1. The molecule has 0 unspecified atom stereocenters. The minimum Gasteiger partial charge on any atom is -0.361 e. The molecule has 0 aliphatic rings. The van der Waals surface area contributed by atoms with Crippen molar-refractivity contribution in [3.8, 4) is 0 Å². The number of fused-ring (bicyclic) bond motifs is 1. The molecule has 0 aliphatic carbocycles. The smallest absolute Gasteiger partial charge is 0.236 e. The van der Waals surface area contributed by atoms with Gasteiger partial charge in [0.1, 0.15) is 0 Å². The molecule has 4 rings (SSSR count). The first-order valence-corrected chi connectivity index (χ1v) is 11.2. The molecular weight excluding hydrogens is 390 g/mol. The predicted octanol–water partition coefficient (Wildman–Crippen LogP) is 4.70. The van der Waals surface area contributed by atoms with E-state index in [4.69, 9.17) is 0 Å². The summed E-state index contributed by atoms with van der Waals surface area (Å²) >= 11 is 1.72. The monoisotopic (exact) mass is 417 g/mol. The average molecular weight is 418 g/mol. The van der Waals surface area contributed by atoms with Crippen LogP contribution in [-0.4, -0.2) is 30.0 Å². The molecule has 30 heavy (non-hydrogen) atoms. The van der Waals surface area contributed by atoms with Crippen molar-refractivity contribution < 1.29 is 4.79 Å². The van der Waals surface area contributed by atoms with Crippen molar-refractivity contribution in [2.75, 3.05) is 13.1 Å². The fourth-order valence-corrected chi connectivity index (χ4v) is 4.49. The van der Waals surface area contributed by atoms with Gasteiger partial charge in [0.15, 0.2) is 0 Å². The molecule has 5 heteroatoms. The van der Waals surface area contributed by atoms with E-state index in [-0.39, 0.29) is 17.9 Å². The van der Waals surface area contributed by atoms with Gasteiger partial charge in [-0.1, -0.05) is 54.6 Å². The summed E-state index contributed by atoms with van der Waals surface area (Å²) in [6.45, 7) is 3.28. The lowest BCUT2D eigenvalue weighted by molar-refractivity contribution is -0.122. The minimum atomic E-state index is -0.259. The second-order valence-corrected chi connectivity index (χ2v) is 8.54. The van der Waals surface area contributed by atoms with E-state index in [2.05, 4.69) is 75.7 Å². The lowest BCUT2D eigenvalue weighted by atomic mass is 9.90. The zero-order chi connectivity index (χ0) is 20.8. The molecule has 4 aromatic rings.